The molecule has 1 aliphatic heterocycles. The number of nitrogens with zero attached hydrogens (tertiary/aromatic N) is 1. The predicted molar refractivity (Wildman–Crippen MR) is 52.1 cm³/mol. The van der Waals surface area contributed by atoms with E-state index in [-0.39, 0.29) is 0 Å². The lowest BCUT2D eigenvalue weighted by Gasteiger charge is -2.27. The van der Waals surface area contributed by atoms with Crippen LogP contribution in [0.1, 0.15) is 33.1 Å². The third-order valence-corrected chi connectivity index (χ3v) is 3.87. The topological polar surface area (TPSA) is 3.24 Å². The molecule has 0 spiro atoms. The number of hydrogen-bond donors (Lipinski definition) is 0. The van der Waals surface area contributed by atoms with Crippen LogP contribution in [0.4, 0.5) is 0 Å². The average Bonchev–Trinajstić information content (AvgIpc) is 2.44. The molecule has 2 aliphatic rings. The predicted octanol–water partition coefficient (Wildman–Crippen LogP) is 2.37. The molecule has 70 valence electrons. The van der Waals surface area contributed by atoms with Crippen molar-refractivity contribution in [1.29, 1.82) is 0 Å². The lowest BCUT2D eigenvalue weighted by molar-refractivity contribution is 0.207. The number of rotatable bonds is 1. The number of hydrogen-bond acceptors (Lipinski definition) is 1. The Hall–Kier alpha value is -0.0400. The maximum Gasteiger partial charge on any atom is 0.0147 e. The normalized spacial score (nSPS) is 42.5. The maximum absolute atomic E-state index is 2.60. The zero-order chi connectivity index (χ0) is 8.72. The smallest absolute Gasteiger partial charge is 0.0147 e. The molecular formula is C11H21N. The minimum absolute atomic E-state index is 0.850. The van der Waals surface area contributed by atoms with Gasteiger partial charge in [-0.3, -0.25) is 0 Å². The van der Waals surface area contributed by atoms with Crippen LogP contribution in [-0.4, -0.2) is 24.5 Å². The van der Waals surface area contributed by atoms with Gasteiger partial charge in [-0.2, -0.15) is 0 Å². The van der Waals surface area contributed by atoms with Crippen molar-refractivity contribution in [3.8, 4) is 0 Å². The fraction of sp³-hybridized carbons (Fsp3) is 1.00. The summed E-state index contributed by atoms with van der Waals surface area (Å²) in [5.74, 6) is 2.93. The van der Waals surface area contributed by atoms with E-state index in [2.05, 4.69) is 25.8 Å². The summed E-state index contributed by atoms with van der Waals surface area (Å²) in [4.78, 5) is 2.60. The van der Waals surface area contributed by atoms with Gasteiger partial charge in [0, 0.05) is 12.6 Å². The van der Waals surface area contributed by atoms with E-state index in [0.29, 0.717) is 0 Å². The van der Waals surface area contributed by atoms with E-state index in [1.165, 1.54) is 25.8 Å². The summed E-state index contributed by atoms with van der Waals surface area (Å²) < 4.78 is 0. The Morgan fingerprint density at radius 3 is 2.67 bits per heavy atom. The Morgan fingerprint density at radius 1 is 1.25 bits per heavy atom. The lowest BCUT2D eigenvalue weighted by atomic mass is 9.87. The largest absolute Gasteiger partial charge is 0.303 e. The lowest BCUT2D eigenvalue weighted by Crippen LogP contribution is -2.33. The van der Waals surface area contributed by atoms with Gasteiger partial charge < -0.3 is 4.90 Å². The first-order valence-corrected chi connectivity index (χ1v) is 5.40. The fourth-order valence-corrected chi connectivity index (χ4v) is 3.56. The van der Waals surface area contributed by atoms with Gasteiger partial charge in [-0.05, 0) is 37.6 Å². The minimum atomic E-state index is 0.850. The van der Waals surface area contributed by atoms with Gasteiger partial charge >= 0.3 is 0 Å². The second-order valence-electron chi connectivity index (χ2n) is 5.03. The molecule has 3 unspecified atom stereocenters. The highest BCUT2D eigenvalue weighted by Crippen LogP contribution is 2.43. The van der Waals surface area contributed by atoms with Crippen molar-refractivity contribution in [3.05, 3.63) is 0 Å². The molecule has 12 heavy (non-hydrogen) atoms. The van der Waals surface area contributed by atoms with E-state index in [4.69, 9.17) is 0 Å². The molecule has 2 fully saturated rings. The molecule has 1 saturated carbocycles. The summed E-state index contributed by atoms with van der Waals surface area (Å²) in [6, 6.07) is 0.887. The van der Waals surface area contributed by atoms with E-state index >= 15 is 0 Å². The molecule has 0 aromatic rings. The summed E-state index contributed by atoms with van der Waals surface area (Å²) >= 11 is 0. The zero-order valence-electron chi connectivity index (χ0n) is 8.59. The van der Waals surface area contributed by atoms with Crippen molar-refractivity contribution in [1.82, 2.24) is 4.90 Å². The van der Waals surface area contributed by atoms with E-state index in [0.717, 1.165) is 23.8 Å². The van der Waals surface area contributed by atoms with Crippen LogP contribution in [-0.2, 0) is 0 Å². The van der Waals surface area contributed by atoms with Crippen molar-refractivity contribution in [2.24, 2.45) is 17.8 Å². The van der Waals surface area contributed by atoms with Crippen LogP contribution < -0.4 is 0 Å². The summed E-state index contributed by atoms with van der Waals surface area (Å²) in [5.41, 5.74) is 0. The van der Waals surface area contributed by atoms with Gasteiger partial charge in [0.05, 0.1) is 0 Å². The Balaban J connectivity index is 2.10. The Morgan fingerprint density at radius 2 is 2.00 bits per heavy atom. The highest BCUT2D eigenvalue weighted by Gasteiger charge is 2.43. The Kier molecular flexibility index (Phi) is 2.16. The van der Waals surface area contributed by atoms with E-state index in [1.807, 2.05) is 0 Å². The minimum Gasteiger partial charge on any atom is -0.303 e. The van der Waals surface area contributed by atoms with Crippen LogP contribution in [0.25, 0.3) is 0 Å². The molecule has 0 bridgehead atoms. The number of fused-ring (bicyclic) bond motifs is 1. The highest BCUT2D eigenvalue weighted by molar-refractivity contribution is 4.96. The van der Waals surface area contributed by atoms with Gasteiger partial charge in [-0.1, -0.05) is 20.3 Å². The molecule has 0 amide bonds. The van der Waals surface area contributed by atoms with Crippen molar-refractivity contribution >= 4 is 0 Å². The standard InChI is InChI=1S/C11H21N/c1-8(2)11-10-6-4-5-9(10)7-12(11)3/h8-11H,4-7H2,1-3H3. The van der Waals surface area contributed by atoms with Crippen LogP contribution in [0.15, 0.2) is 0 Å². The van der Waals surface area contributed by atoms with Gasteiger partial charge in [-0.15, -0.1) is 0 Å². The fourth-order valence-electron chi connectivity index (χ4n) is 3.56. The molecule has 2 rings (SSSR count). The SMILES string of the molecule is CC(C)C1C2CCCC2CN1C. The quantitative estimate of drug-likeness (QED) is 0.579. The summed E-state index contributed by atoms with van der Waals surface area (Å²) in [7, 11) is 2.31. The molecular weight excluding hydrogens is 146 g/mol. The Labute approximate surface area is 76.1 Å². The van der Waals surface area contributed by atoms with E-state index in [9.17, 15) is 0 Å². The third-order valence-electron chi connectivity index (χ3n) is 3.87. The maximum atomic E-state index is 2.60. The molecule has 1 heteroatoms. The van der Waals surface area contributed by atoms with Crippen molar-refractivity contribution < 1.29 is 0 Å². The monoisotopic (exact) mass is 167 g/mol. The van der Waals surface area contributed by atoms with Crippen LogP contribution in [0.3, 0.4) is 0 Å². The van der Waals surface area contributed by atoms with Crippen LogP contribution >= 0.6 is 0 Å². The first-order valence-electron chi connectivity index (χ1n) is 5.40. The van der Waals surface area contributed by atoms with Crippen molar-refractivity contribution in [3.63, 3.8) is 0 Å². The summed E-state index contributed by atoms with van der Waals surface area (Å²) in [6.07, 6.45) is 4.49. The zero-order valence-corrected chi connectivity index (χ0v) is 8.59. The van der Waals surface area contributed by atoms with Crippen LogP contribution in [0.2, 0.25) is 0 Å². The summed E-state index contributed by atoms with van der Waals surface area (Å²) in [5, 5.41) is 0. The Bertz CT molecular complexity index is 164. The molecule has 0 radical (unpaired) electrons. The molecule has 3 atom stereocenters. The number of likely N-dealkylation sites (tertiary alicyclic amines) is 1. The molecule has 1 nitrogen and oxygen atoms in total. The van der Waals surface area contributed by atoms with Gasteiger partial charge in [0.1, 0.15) is 0 Å². The molecule has 1 aliphatic carbocycles. The van der Waals surface area contributed by atoms with E-state index < -0.39 is 0 Å². The van der Waals surface area contributed by atoms with Gasteiger partial charge in [0.25, 0.3) is 0 Å². The van der Waals surface area contributed by atoms with Crippen LogP contribution in [0.5, 0.6) is 0 Å². The molecule has 1 saturated heterocycles. The highest BCUT2D eigenvalue weighted by atomic mass is 15.2. The van der Waals surface area contributed by atoms with E-state index in [1.54, 1.807) is 0 Å². The molecule has 0 aromatic carbocycles. The molecule has 1 heterocycles. The second kappa shape index (κ2) is 3.02. The average molecular weight is 167 g/mol. The molecule has 0 N–H and O–H groups in total. The molecule has 0 aromatic heterocycles. The van der Waals surface area contributed by atoms with Gasteiger partial charge in [-0.25, -0.2) is 0 Å². The second-order valence-corrected chi connectivity index (χ2v) is 5.03. The van der Waals surface area contributed by atoms with Gasteiger partial charge in [0.15, 0.2) is 0 Å². The summed E-state index contributed by atoms with van der Waals surface area (Å²) in [6.45, 7) is 6.12. The first kappa shape index (κ1) is 8.55. The third kappa shape index (κ3) is 1.19. The van der Waals surface area contributed by atoms with Crippen LogP contribution in [0, 0.1) is 17.8 Å². The van der Waals surface area contributed by atoms with Crippen molar-refractivity contribution in [2.75, 3.05) is 13.6 Å². The van der Waals surface area contributed by atoms with Gasteiger partial charge in [0.2, 0.25) is 0 Å². The first-order chi connectivity index (χ1) is 5.70. The van der Waals surface area contributed by atoms with Crippen molar-refractivity contribution in [2.45, 2.75) is 39.2 Å².